The highest BCUT2D eigenvalue weighted by Crippen LogP contribution is 2.35. The number of pyridine rings is 1. The Bertz CT molecular complexity index is 1720. The maximum absolute atomic E-state index is 13.0. The van der Waals surface area contributed by atoms with Crippen molar-refractivity contribution in [3.63, 3.8) is 0 Å². The monoisotopic (exact) mass is 656 g/mol. The lowest BCUT2D eigenvalue weighted by Crippen LogP contribution is -2.45. The summed E-state index contributed by atoms with van der Waals surface area (Å²) in [7, 11) is 1.52. The summed E-state index contributed by atoms with van der Waals surface area (Å²) in [6.07, 6.45) is 5.91. The minimum absolute atomic E-state index is 0.0666. The van der Waals surface area contributed by atoms with Gasteiger partial charge in [-0.05, 0) is 76.8 Å². The molecule has 13 nitrogen and oxygen atoms in total. The van der Waals surface area contributed by atoms with E-state index in [1.807, 2.05) is 6.07 Å². The molecule has 1 saturated carbocycles. The number of hydrogen-bond acceptors (Lipinski definition) is 11. The summed E-state index contributed by atoms with van der Waals surface area (Å²) in [6.45, 7) is 5.32. The Morgan fingerprint density at radius 2 is 1.73 bits per heavy atom. The third-order valence-electron chi connectivity index (χ3n) is 7.45. The number of ether oxygens (including phenoxy) is 4. The third kappa shape index (κ3) is 9.30. The van der Waals surface area contributed by atoms with Crippen molar-refractivity contribution in [1.29, 1.82) is 0 Å². The number of nitrogens with one attached hydrogen (secondary N) is 3. The van der Waals surface area contributed by atoms with Crippen molar-refractivity contribution in [3.05, 3.63) is 72.7 Å². The number of carbonyl (C=O) groups excluding carboxylic acids is 3. The average molecular weight is 657 g/mol. The first kappa shape index (κ1) is 33.9. The Hall–Kier alpha value is -5.46. The number of alkyl carbamates (subject to hydrolysis) is 1. The summed E-state index contributed by atoms with van der Waals surface area (Å²) >= 11 is 0. The van der Waals surface area contributed by atoms with Crippen LogP contribution in [0.5, 0.6) is 11.5 Å². The molecule has 0 bridgehead atoms. The minimum Gasteiger partial charge on any atom is -0.493 e. The van der Waals surface area contributed by atoms with Crippen LogP contribution < -0.4 is 25.4 Å². The Balaban J connectivity index is 1.25. The number of carbonyl (C=O) groups is 3. The van der Waals surface area contributed by atoms with Gasteiger partial charge >= 0.3 is 12.1 Å². The number of fused-ring (bicyclic) bond motifs is 1. The van der Waals surface area contributed by atoms with Crippen LogP contribution in [0.1, 0.15) is 63.2 Å². The van der Waals surface area contributed by atoms with E-state index in [4.69, 9.17) is 18.9 Å². The van der Waals surface area contributed by atoms with Gasteiger partial charge in [0.15, 0.2) is 11.5 Å². The molecule has 1 atom stereocenters. The van der Waals surface area contributed by atoms with E-state index in [2.05, 4.69) is 30.9 Å². The number of benzene rings is 2. The van der Waals surface area contributed by atoms with Crippen LogP contribution in [-0.4, -0.2) is 64.4 Å². The number of nitrogens with zero attached hydrogens (tertiary/aromatic N) is 3. The van der Waals surface area contributed by atoms with Gasteiger partial charge in [0.25, 0.3) is 5.91 Å². The molecule has 1 fully saturated rings. The molecule has 252 valence electrons. The predicted molar refractivity (Wildman–Crippen MR) is 180 cm³/mol. The smallest absolute Gasteiger partial charge is 0.408 e. The second-order valence-electron chi connectivity index (χ2n) is 12.3. The minimum atomic E-state index is -0.961. The molecule has 5 rings (SSSR count). The number of rotatable bonds is 12. The number of hydrogen-bond donors (Lipinski definition) is 3. The van der Waals surface area contributed by atoms with Gasteiger partial charge in [0, 0.05) is 23.4 Å². The van der Waals surface area contributed by atoms with E-state index in [1.165, 1.54) is 13.4 Å². The maximum Gasteiger partial charge on any atom is 0.408 e. The zero-order chi connectivity index (χ0) is 34.1. The molecule has 1 aliphatic carbocycles. The molecule has 2 aromatic heterocycles. The first-order valence-corrected chi connectivity index (χ1v) is 15.8. The van der Waals surface area contributed by atoms with Crippen LogP contribution in [0.3, 0.4) is 0 Å². The number of esters is 1. The lowest BCUT2D eigenvalue weighted by molar-refractivity contribution is -0.151. The van der Waals surface area contributed by atoms with E-state index < -0.39 is 23.7 Å². The molecule has 4 aromatic rings. The molecule has 48 heavy (non-hydrogen) atoms. The fourth-order valence-corrected chi connectivity index (χ4v) is 5.13. The van der Waals surface area contributed by atoms with Crippen molar-refractivity contribution < 1.29 is 33.3 Å². The molecular weight excluding hydrogens is 616 g/mol. The van der Waals surface area contributed by atoms with E-state index >= 15 is 0 Å². The first-order valence-electron chi connectivity index (χ1n) is 15.8. The van der Waals surface area contributed by atoms with Gasteiger partial charge in [0.2, 0.25) is 0 Å². The molecule has 0 saturated heterocycles. The molecule has 2 amide bonds. The lowest BCUT2D eigenvalue weighted by Gasteiger charge is -2.24. The van der Waals surface area contributed by atoms with Crippen LogP contribution in [0.15, 0.2) is 67.1 Å². The molecule has 13 heteroatoms. The molecule has 0 spiro atoms. The highest BCUT2D eigenvalue weighted by Gasteiger charge is 2.29. The highest BCUT2D eigenvalue weighted by atomic mass is 16.6. The van der Waals surface area contributed by atoms with Gasteiger partial charge in [-0.15, -0.1) is 0 Å². The number of aromatic nitrogens is 3. The zero-order valence-electron chi connectivity index (χ0n) is 27.4. The summed E-state index contributed by atoms with van der Waals surface area (Å²) in [4.78, 5) is 51.2. The van der Waals surface area contributed by atoms with Gasteiger partial charge in [-0.3, -0.25) is 4.79 Å². The quantitative estimate of drug-likeness (QED) is 0.149. The summed E-state index contributed by atoms with van der Waals surface area (Å²) in [5, 5.41) is 9.32. The van der Waals surface area contributed by atoms with Gasteiger partial charge in [0.05, 0.1) is 31.1 Å². The average Bonchev–Trinajstić information content (AvgIpc) is 3.57. The second kappa shape index (κ2) is 15.4. The predicted octanol–water partition coefficient (Wildman–Crippen LogP) is 6.18. The summed E-state index contributed by atoms with van der Waals surface area (Å²) in [5.74, 6) is 0.948. The molecule has 0 unspecified atom stereocenters. The fraction of sp³-hybridized carbons (Fsp3) is 0.371. The van der Waals surface area contributed by atoms with Crippen molar-refractivity contribution in [2.45, 2.75) is 70.6 Å². The Morgan fingerprint density at radius 1 is 0.958 bits per heavy atom. The van der Waals surface area contributed by atoms with Crippen LogP contribution in [0, 0.1) is 0 Å². The molecular formula is C35H40N6O7. The number of amides is 2. The summed E-state index contributed by atoms with van der Waals surface area (Å²) < 4.78 is 22.7. The maximum atomic E-state index is 13.0. The van der Waals surface area contributed by atoms with E-state index in [0.717, 1.165) is 25.7 Å². The first-order chi connectivity index (χ1) is 23.1. The van der Waals surface area contributed by atoms with Crippen molar-refractivity contribution in [2.24, 2.45) is 0 Å². The topological polar surface area (TPSA) is 163 Å². The third-order valence-corrected chi connectivity index (χ3v) is 7.45. The van der Waals surface area contributed by atoms with Crippen LogP contribution in [-0.2, 0) is 14.3 Å². The molecule has 2 aromatic carbocycles. The molecule has 0 radical (unpaired) electrons. The van der Waals surface area contributed by atoms with Crippen molar-refractivity contribution in [3.8, 4) is 11.5 Å². The van der Waals surface area contributed by atoms with Gasteiger partial charge in [-0.2, -0.15) is 0 Å². The SMILES string of the molecule is COc1cc2c(Nc3ccc(NC(=O)c4ccccc4)nc3)ncnc2cc1OCC[C@H](NC(=O)OC(C)(C)C)C(=O)OC1CCCC1. The van der Waals surface area contributed by atoms with Gasteiger partial charge < -0.3 is 34.9 Å². The van der Waals surface area contributed by atoms with Crippen molar-refractivity contribution >= 4 is 46.2 Å². The lowest BCUT2D eigenvalue weighted by atomic mass is 10.2. The standard InChI is InChI=1S/C35H40N6O7/c1-35(2,3)48-34(44)40-26(33(43)47-24-12-8-9-13-24)16-17-46-29-19-27-25(18-28(29)45-4)31(38-21-37-27)39-23-14-15-30(36-20-23)41-32(42)22-10-6-5-7-11-22/h5-7,10-11,14-15,18-21,24,26H,8-9,12-13,16-17H2,1-4H3,(H,40,44)(H,36,41,42)(H,37,38,39)/t26-/m0/s1. The Kier molecular flexibility index (Phi) is 10.9. The van der Waals surface area contributed by atoms with Crippen LogP contribution in [0.2, 0.25) is 0 Å². The van der Waals surface area contributed by atoms with Crippen LogP contribution in [0.25, 0.3) is 10.9 Å². The zero-order valence-corrected chi connectivity index (χ0v) is 27.4. The van der Waals surface area contributed by atoms with E-state index in [-0.39, 0.29) is 25.0 Å². The molecule has 2 heterocycles. The van der Waals surface area contributed by atoms with E-state index in [0.29, 0.717) is 45.3 Å². The van der Waals surface area contributed by atoms with Crippen molar-refractivity contribution in [1.82, 2.24) is 20.3 Å². The normalized spacial score (nSPS) is 13.8. The van der Waals surface area contributed by atoms with E-state index in [9.17, 15) is 14.4 Å². The van der Waals surface area contributed by atoms with E-state index in [1.54, 1.807) is 75.5 Å². The van der Waals surface area contributed by atoms with Crippen LogP contribution in [0.4, 0.5) is 22.1 Å². The Labute approximate surface area is 278 Å². The number of anilines is 3. The Morgan fingerprint density at radius 3 is 2.42 bits per heavy atom. The van der Waals surface area contributed by atoms with Crippen LogP contribution >= 0.6 is 0 Å². The highest BCUT2D eigenvalue weighted by molar-refractivity contribution is 6.03. The molecule has 1 aliphatic rings. The largest absolute Gasteiger partial charge is 0.493 e. The fourth-order valence-electron chi connectivity index (χ4n) is 5.13. The van der Waals surface area contributed by atoms with Crippen molar-refractivity contribution in [2.75, 3.05) is 24.4 Å². The number of methoxy groups -OCH3 is 1. The summed E-state index contributed by atoms with van der Waals surface area (Å²) in [5.41, 5.74) is 1.02. The van der Waals surface area contributed by atoms with Gasteiger partial charge in [-0.1, -0.05) is 18.2 Å². The molecule has 3 N–H and O–H groups in total. The second-order valence-corrected chi connectivity index (χ2v) is 12.3. The summed E-state index contributed by atoms with van der Waals surface area (Å²) in [6, 6.07) is 14.9. The van der Waals surface area contributed by atoms with Gasteiger partial charge in [0.1, 0.15) is 35.7 Å². The van der Waals surface area contributed by atoms with Gasteiger partial charge in [-0.25, -0.2) is 24.5 Å². The molecule has 0 aliphatic heterocycles.